The number of hydrogen-bond donors (Lipinski definition) is 0. The summed E-state index contributed by atoms with van der Waals surface area (Å²) in [6.45, 7) is 9.38. The van der Waals surface area contributed by atoms with Crippen LogP contribution < -0.4 is 4.90 Å². The molecule has 2 nitrogen and oxygen atoms in total. The second-order valence-corrected chi connectivity index (χ2v) is 18.2. The van der Waals surface area contributed by atoms with Crippen molar-refractivity contribution in [2.24, 2.45) is 0 Å². The Morgan fingerprint density at radius 1 is 0.323 bits per heavy atom. The number of para-hydroxylation sites is 2. The largest absolute Gasteiger partial charge is 0.310 e. The third-order valence-electron chi connectivity index (χ3n) is 14.0. The van der Waals surface area contributed by atoms with Crippen LogP contribution in [0.4, 0.5) is 17.1 Å². The second kappa shape index (κ2) is 13.5. The summed E-state index contributed by atoms with van der Waals surface area (Å²) in [5.74, 6) is 0. The van der Waals surface area contributed by atoms with Crippen molar-refractivity contribution in [2.45, 2.75) is 38.5 Å². The molecule has 0 N–H and O–H groups in total. The molecule has 296 valence electrons. The third kappa shape index (κ3) is 5.43. The average Bonchev–Trinajstić information content (AvgIpc) is 3.86. The van der Waals surface area contributed by atoms with Crippen molar-refractivity contribution in [2.75, 3.05) is 4.90 Å². The van der Waals surface area contributed by atoms with Crippen molar-refractivity contribution in [1.29, 1.82) is 0 Å². The van der Waals surface area contributed by atoms with Crippen LogP contribution in [0.5, 0.6) is 0 Å². The molecule has 12 rings (SSSR count). The van der Waals surface area contributed by atoms with Crippen LogP contribution in [0.1, 0.15) is 49.9 Å². The summed E-state index contributed by atoms with van der Waals surface area (Å²) in [5.41, 5.74) is 22.6. The molecule has 0 spiro atoms. The minimum Gasteiger partial charge on any atom is -0.310 e. The fourth-order valence-electron chi connectivity index (χ4n) is 10.8. The first-order chi connectivity index (χ1) is 30.3. The zero-order valence-corrected chi connectivity index (χ0v) is 35.5. The molecule has 9 aromatic carbocycles. The van der Waals surface area contributed by atoms with E-state index in [1.54, 1.807) is 0 Å². The number of benzene rings is 9. The molecule has 0 amide bonds. The molecule has 0 unspecified atom stereocenters. The summed E-state index contributed by atoms with van der Waals surface area (Å²) >= 11 is 0. The van der Waals surface area contributed by atoms with Crippen LogP contribution >= 0.6 is 0 Å². The zero-order valence-electron chi connectivity index (χ0n) is 35.5. The minimum atomic E-state index is -0.0323. The quantitative estimate of drug-likeness (QED) is 0.163. The van der Waals surface area contributed by atoms with Gasteiger partial charge < -0.3 is 9.47 Å². The van der Waals surface area contributed by atoms with Crippen LogP contribution in [0, 0.1) is 0 Å². The van der Waals surface area contributed by atoms with Crippen LogP contribution in [-0.2, 0) is 10.8 Å². The molecule has 2 heteroatoms. The van der Waals surface area contributed by atoms with Crippen molar-refractivity contribution in [1.82, 2.24) is 4.57 Å². The van der Waals surface area contributed by atoms with Crippen LogP contribution in [0.2, 0.25) is 0 Å². The van der Waals surface area contributed by atoms with E-state index in [4.69, 9.17) is 0 Å². The lowest BCUT2D eigenvalue weighted by Crippen LogP contribution is -2.15. The van der Waals surface area contributed by atoms with Gasteiger partial charge in [0.15, 0.2) is 0 Å². The predicted octanol–water partition coefficient (Wildman–Crippen LogP) is 16.2. The molecular weight excluding hydrogens is 749 g/mol. The Hall–Kier alpha value is -7.42. The Bertz CT molecular complexity index is 3400. The molecule has 0 fully saturated rings. The zero-order chi connectivity index (χ0) is 41.7. The Morgan fingerprint density at radius 3 is 1.56 bits per heavy atom. The first-order valence-corrected chi connectivity index (χ1v) is 21.8. The highest BCUT2D eigenvalue weighted by molar-refractivity contribution is 6.10. The number of aromatic nitrogens is 1. The van der Waals surface area contributed by atoms with Crippen molar-refractivity contribution >= 4 is 38.9 Å². The third-order valence-corrected chi connectivity index (χ3v) is 14.0. The molecule has 2 aliphatic rings. The van der Waals surface area contributed by atoms with Crippen LogP contribution in [0.3, 0.4) is 0 Å². The van der Waals surface area contributed by atoms with Gasteiger partial charge >= 0.3 is 0 Å². The van der Waals surface area contributed by atoms with Gasteiger partial charge in [-0.2, -0.15) is 0 Å². The molecule has 0 saturated heterocycles. The van der Waals surface area contributed by atoms with Crippen molar-refractivity contribution in [3.63, 3.8) is 0 Å². The molecule has 10 aromatic rings. The molecule has 0 bridgehead atoms. The second-order valence-electron chi connectivity index (χ2n) is 18.2. The first-order valence-electron chi connectivity index (χ1n) is 21.8. The van der Waals surface area contributed by atoms with Crippen molar-refractivity contribution in [3.05, 3.63) is 229 Å². The summed E-state index contributed by atoms with van der Waals surface area (Å²) in [4.78, 5) is 2.38. The maximum atomic E-state index is 2.46. The molecule has 0 radical (unpaired) electrons. The van der Waals surface area contributed by atoms with E-state index in [0.717, 1.165) is 17.1 Å². The maximum absolute atomic E-state index is 2.46. The van der Waals surface area contributed by atoms with E-state index in [1.165, 1.54) is 94.3 Å². The highest BCUT2D eigenvalue weighted by Crippen LogP contribution is 2.52. The Balaban J connectivity index is 0.917. The summed E-state index contributed by atoms with van der Waals surface area (Å²) in [7, 11) is 0. The average molecular weight is 795 g/mol. The van der Waals surface area contributed by atoms with E-state index in [2.05, 4.69) is 243 Å². The van der Waals surface area contributed by atoms with Gasteiger partial charge in [0.25, 0.3) is 0 Å². The summed E-state index contributed by atoms with van der Waals surface area (Å²) < 4.78 is 2.46. The molecule has 2 aliphatic carbocycles. The normalized spacial score (nSPS) is 14.1. The molecule has 0 aliphatic heterocycles. The van der Waals surface area contributed by atoms with Gasteiger partial charge in [-0.1, -0.05) is 167 Å². The Kier molecular flexibility index (Phi) is 7.96. The maximum Gasteiger partial charge on any atom is 0.0547 e. The van der Waals surface area contributed by atoms with E-state index in [9.17, 15) is 0 Å². The first kappa shape index (κ1) is 36.4. The number of hydrogen-bond acceptors (Lipinski definition) is 1. The fraction of sp³-hybridized carbons (Fsp3) is 0.100. The minimum absolute atomic E-state index is 0.0296. The lowest BCUT2D eigenvalue weighted by molar-refractivity contribution is 0.660. The number of anilines is 3. The molecule has 0 saturated carbocycles. The number of nitrogens with zero attached hydrogens (tertiary/aromatic N) is 2. The highest BCUT2D eigenvalue weighted by Gasteiger charge is 2.36. The summed E-state index contributed by atoms with van der Waals surface area (Å²) in [5, 5.41) is 2.53. The van der Waals surface area contributed by atoms with Crippen LogP contribution in [0.15, 0.2) is 206 Å². The lowest BCUT2D eigenvalue weighted by atomic mass is 9.82. The molecule has 1 aromatic heterocycles. The van der Waals surface area contributed by atoms with Gasteiger partial charge in [0.1, 0.15) is 0 Å². The van der Waals surface area contributed by atoms with Gasteiger partial charge in [0.05, 0.1) is 11.0 Å². The van der Waals surface area contributed by atoms with Gasteiger partial charge in [-0.05, 0) is 133 Å². The lowest BCUT2D eigenvalue weighted by Gasteiger charge is -2.27. The van der Waals surface area contributed by atoms with E-state index in [-0.39, 0.29) is 10.8 Å². The topological polar surface area (TPSA) is 8.17 Å². The van der Waals surface area contributed by atoms with Crippen LogP contribution in [-0.4, -0.2) is 4.57 Å². The smallest absolute Gasteiger partial charge is 0.0547 e. The molecule has 0 atom stereocenters. The van der Waals surface area contributed by atoms with Gasteiger partial charge in [0.2, 0.25) is 0 Å². The van der Waals surface area contributed by atoms with E-state index >= 15 is 0 Å². The highest BCUT2D eigenvalue weighted by atomic mass is 15.1. The molecule has 1 heterocycles. The summed E-state index contributed by atoms with van der Waals surface area (Å²) in [6, 6.07) is 76.5. The molecule has 62 heavy (non-hydrogen) atoms. The van der Waals surface area contributed by atoms with Gasteiger partial charge in [0, 0.05) is 44.4 Å². The Labute approximate surface area is 364 Å². The SMILES string of the molecule is CC1(C)c2ccccc2-c2cc(N(c3ccccc3)c3ccc(-c4cccc(-c5ccc6c7ccccc7n(-c7ccc8c(c7)-c7ccccc7C8(C)C)c6c5)c4)cc3)ccc21. The van der Waals surface area contributed by atoms with Crippen molar-refractivity contribution < 1.29 is 0 Å². The van der Waals surface area contributed by atoms with E-state index in [0.29, 0.717) is 0 Å². The van der Waals surface area contributed by atoms with Gasteiger partial charge in [-0.3, -0.25) is 0 Å². The van der Waals surface area contributed by atoms with Crippen LogP contribution in [0.25, 0.3) is 72.0 Å². The summed E-state index contributed by atoms with van der Waals surface area (Å²) in [6.07, 6.45) is 0. The number of fused-ring (bicyclic) bond motifs is 9. The molecular formula is C60H46N2. The van der Waals surface area contributed by atoms with Crippen molar-refractivity contribution in [3.8, 4) is 50.2 Å². The fourth-order valence-corrected chi connectivity index (χ4v) is 10.8. The van der Waals surface area contributed by atoms with Gasteiger partial charge in [-0.15, -0.1) is 0 Å². The monoisotopic (exact) mass is 794 g/mol. The predicted molar refractivity (Wildman–Crippen MR) is 261 cm³/mol. The van der Waals surface area contributed by atoms with Gasteiger partial charge in [-0.25, -0.2) is 0 Å². The standard InChI is InChI=1S/C60H46N2/c1-59(2)53-22-11-8-19-47(53)51-37-45(30-33-55(51)59)61(43-17-6-5-7-18-43)44-28-25-39(26-29-44)40-15-14-16-41(35-40)42-27-32-50-49-21-10-13-24-57(49)62(58(50)36-42)46-31-34-56-52(38-46)48-20-9-12-23-54(48)60(56,3)4/h5-38H,1-4H3. The van der Waals surface area contributed by atoms with E-state index in [1.807, 2.05) is 0 Å². The number of rotatable bonds is 6. The van der Waals surface area contributed by atoms with E-state index < -0.39 is 0 Å². The Morgan fingerprint density at radius 2 is 0.839 bits per heavy atom.